The Kier molecular flexibility index (Phi) is 5.29. The van der Waals surface area contributed by atoms with Gasteiger partial charge >= 0.3 is 0 Å². The van der Waals surface area contributed by atoms with Crippen LogP contribution in [0.15, 0.2) is 47.8 Å². The predicted octanol–water partition coefficient (Wildman–Crippen LogP) is 3.01. The molecule has 1 aliphatic rings. The summed E-state index contributed by atoms with van der Waals surface area (Å²) in [5.41, 5.74) is 1.10. The van der Waals surface area contributed by atoms with E-state index >= 15 is 0 Å². The first kappa shape index (κ1) is 18.8. The van der Waals surface area contributed by atoms with Crippen LogP contribution in [0.1, 0.15) is 39.2 Å². The lowest BCUT2D eigenvalue weighted by atomic mass is 9.87. The van der Waals surface area contributed by atoms with Crippen LogP contribution in [-0.4, -0.2) is 41.9 Å². The van der Waals surface area contributed by atoms with E-state index in [9.17, 15) is 8.42 Å². The molecule has 1 aromatic heterocycles. The molecule has 140 valence electrons. The molecule has 0 amide bonds. The molecule has 2 aromatic rings. The molecule has 2 heterocycles. The molecule has 0 bridgehead atoms. The van der Waals surface area contributed by atoms with Crippen LogP contribution in [0.3, 0.4) is 0 Å². The second-order valence-electron chi connectivity index (χ2n) is 7.56. The van der Waals surface area contributed by atoms with Gasteiger partial charge in [-0.15, -0.1) is 0 Å². The summed E-state index contributed by atoms with van der Waals surface area (Å²) in [6.45, 7) is 7.14. The van der Waals surface area contributed by atoms with Gasteiger partial charge in [-0.1, -0.05) is 32.9 Å². The molecule has 1 unspecified atom stereocenters. The molecular weight excluding hydrogens is 350 g/mol. The highest BCUT2D eigenvalue weighted by Gasteiger charge is 2.31. The Hall–Kier alpha value is -1.99. The smallest absolute Gasteiger partial charge is 0.243 e. The monoisotopic (exact) mass is 375 g/mol. The van der Waals surface area contributed by atoms with Crippen LogP contribution in [0.2, 0.25) is 0 Å². The van der Waals surface area contributed by atoms with Crippen LogP contribution >= 0.6 is 0 Å². The lowest BCUT2D eigenvalue weighted by Crippen LogP contribution is -2.44. The molecule has 0 N–H and O–H groups in total. The van der Waals surface area contributed by atoms with Gasteiger partial charge in [-0.25, -0.2) is 13.4 Å². The Morgan fingerprint density at radius 3 is 2.50 bits per heavy atom. The minimum absolute atomic E-state index is 0.0108. The molecule has 1 aromatic carbocycles. The van der Waals surface area contributed by atoms with Crippen molar-refractivity contribution in [1.29, 1.82) is 0 Å². The number of ether oxygens (including phenoxy) is 1. The quantitative estimate of drug-likeness (QED) is 0.821. The fourth-order valence-corrected chi connectivity index (χ4v) is 4.52. The van der Waals surface area contributed by atoms with Crippen molar-refractivity contribution in [2.24, 2.45) is 0 Å². The van der Waals surface area contributed by atoms with Gasteiger partial charge in [0.1, 0.15) is 6.10 Å². The normalized spacial score (nSPS) is 19.3. The van der Waals surface area contributed by atoms with Gasteiger partial charge in [-0.05, 0) is 36.0 Å². The molecule has 1 saturated heterocycles. The van der Waals surface area contributed by atoms with Gasteiger partial charge in [0.15, 0.2) is 0 Å². The Balaban J connectivity index is 1.74. The summed E-state index contributed by atoms with van der Waals surface area (Å²) in [7, 11) is -3.53. The molecule has 3 rings (SSSR count). The number of hydrogen-bond acceptors (Lipinski definition) is 5. The van der Waals surface area contributed by atoms with Crippen molar-refractivity contribution in [3.05, 3.63) is 48.4 Å². The van der Waals surface area contributed by atoms with Crippen molar-refractivity contribution in [1.82, 2.24) is 14.3 Å². The Bertz CT molecular complexity index is 831. The van der Waals surface area contributed by atoms with Crippen molar-refractivity contribution < 1.29 is 13.2 Å². The third kappa shape index (κ3) is 4.22. The zero-order valence-corrected chi connectivity index (χ0v) is 16.2. The zero-order valence-electron chi connectivity index (χ0n) is 15.4. The van der Waals surface area contributed by atoms with Crippen molar-refractivity contribution >= 4 is 10.0 Å². The van der Waals surface area contributed by atoms with Crippen molar-refractivity contribution in [2.45, 2.75) is 50.0 Å². The molecule has 0 saturated carbocycles. The summed E-state index contributed by atoms with van der Waals surface area (Å²) in [5, 5.41) is 0. The molecule has 0 aliphatic carbocycles. The van der Waals surface area contributed by atoms with E-state index in [4.69, 9.17) is 4.74 Å². The number of sulfonamides is 1. The maximum Gasteiger partial charge on any atom is 0.243 e. The standard InChI is InChI=1S/C19H25N3O3S/c1-19(2,3)15-6-8-17(9-7-15)26(23,24)22-12-4-5-16(14-22)25-18-13-20-10-11-21-18/h6-11,13,16H,4-5,12,14H2,1-3H3. The van der Waals surface area contributed by atoms with Crippen LogP contribution < -0.4 is 4.74 Å². The van der Waals surface area contributed by atoms with E-state index in [2.05, 4.69) is 30.7 Å². The summed E-state index contributed by atoms with van der Waals surface area (Å²) >= 11 is 0. The first-order chi connectivity index (χ1) is 12.3. The number of nitrogens with zero attached hydrogens (tertiary/aromatic N) is 3. The van der Waals surface area contributed by atoms with Crippen molar-refractivity contribution in [3.63, 3.8) is 0 Å². The first-order valence-electron chi connectivity index (χ1n) is 8.80. The Morgan fingerprint density at radius 1 is 1.15 bits per heavy atom. The topological polar surface area (TPSA) is 72.4 Å². The molecule has 6 nitrogen and oxygen atoms in total. The maximum atomic E-state index is 13.0. The van der Waals surface area contributed by atoms with Gasteiger partial charge in [0.2, 0.25) is 15.9 Å². The number of rotatable bonds is 4. The molecule has 0 spiro atoms. The van der Waals surface area contributed by atoms with Crippen LogP contribution in [0.25, 0.3) is 0 Å². The second kappa shape index (κ2) is 7.32. The van der Waals surface area contributed by atoms with Gasteiger partial charge in [0.05, 0.1) is 17.6 Å². The summed E-state index contributed by atoms with van der Waals surface area (Å²) in [4.78, 5) is 8.40. The molecule has 7 heteroatoms. The minimum Gasteiger partial charge on any atom is -0.472 e. The summed E-state index contributed by atoms with van der Waals surface area (Å²) in [5.74, 6) is 0.422. The summed E-state index contributed by atoms with van der Waals surface area (Å²) < 4.78 is 33.3. The predicted molar refractivity (Wildman–Crippen MR) is 99.6 cm³/mol. The van der Waals surface area contributed by atoms with Crippen LogP contribution in [0, 0.1) is 0 Å². The molecule has 26 heavy (non-hydrogen) atoms. The van der Waals surface area contributed by atoms with Crippen LogP contribution in [-0.2, 0) is 15.4 Å². The fraction of sp³-hybridized carbons (Fsp3) is 0.474. The lowest BCUT2D eigenvalue weighted by molar-refractivity contribution is 0.124. The van der Waals surface area contributed by atoms with Crippen LogP contribution in [0.5, 0.6) is 5.88 Å². The van der Waals surface area contributed by atoms with E-state index in [0.717, 1.165) is 18.4 Å². The van der Waals surface area contributed by atoms with Gasteiger partial charge in [-0.2, -0.15) is 4.31 Å². The minimum atomic E-state index is -3.53. The van der Waals surface area contributed by atoms with E-state index < -0.39 is 10.0 Å². The molecule has 0 radical (unpaired) electrons. The van der Waals surface area contributed by atoms with Crippen molar-refractivity contribution in [2.75, 3.05) is 13.1 Å². The van der Waals surface area contributed by atoms with Crippen molar-refractivity contribution in [3.8, 4) is 5.88 Å². The molecule has 1 aliphatic heterocycles. The third-order valence-electron chi connectivity index (χ3n) is 4.53. The highest BCUT2D eigenvalue weighted by molar-refractivity contribution is 7.89. The summed E-state index contributed by atoms with van der Waals surface area (Å²) in [6.07, 6.45) is 6.01. The van der Waals surface area contributed by atoms with Gasteiger partial charge in [-0.3, -0.25) is 4.98 Å². The average molecular weight is 375 g/mol. The first-order valence-corrected chi connectivity index (χ1v) is 10.2. The molecular formula is C19H25N3O3S. The number of piperidine rings is 1. The zero-order chi connectivity index (χ0) is 18.8. The molecule has 1 fully saturated rings. The lowest BCUT2D eigenvalue weighted by Gasteiger charge is -2.31. The highest BCUT2D eigenvalue weighted by Crippen LogP contribution is 2.26. The number of aromatic nitrogens is 2. The maximum absolute atomic E-state index is 13.0. The Labute approximate surface area is 155 Å². The van der Waals surface area contributed by atoms with E-state index in [0.29, 0.717) is 23.9 Å². The Morgan fingerprint density at radius 2 is 1.88 bits per heavy atom. The van der Waals surface area contributed by atoms with Gasteiger partial charge < -0.3 is 4.74 Å². The van der Waals surface area contributed by atoms with E-state index in [1.54, 1.807) is 30.7 Å². The van der Waals surface area contributed by atoms with Crippen LogP contribution in [0.4, 0.5) is 0 Å². The number of benzene rings is 1. The number of hydrogen-bond donors (Lipinski definition) is 0. The SMILES string of the molecule is CC(C)(C)c1ccc(S(=O)(=O)N2CCCC(Oc3cnccn3)C2)cc1. The summed E-state index contributed by atoms with van der Waals surface area (Å²) in [6, 6.07) is 7.18. The average Bonchev–Trinajstić information content (AvgIpc) is 2.62. The highest BCUT2D eigenvalue weighted by atomic mass is 32.2. The third-order valence-corrected chi connectivity index (χ3v) is 6.41. The fourth-order valence-electron chi connectivity index (χ4n) is 3.01. The van der Waals surface area contributed by atoms with E-state index in [1.807, 2.05) is 12.1 Å². The second-order valence-corrected chi connectivity index (χ2v) is 9.50. The van der Waals surface area contributed by atoms with E-state index in [1.165, 1.54) is 4.31 Å². The van der Waals surface area contributed by atoms with Gasteiger partial charge in [0.25, 0.3) is 0 Å². The van der Waals surface area contributed by atoms with E-state index in [-0.39, 0.29) is 11.5 Å². The van der Waals surface area contributed by atoms with Gasteiger partial charge in [0, 0.05) is 18.9 Å². The largest absolute Gasteiger partial charge is 0.472 e. The molecule has 1 atom stereocenters.